The van der Waals surface area contributed by atoms with Crippen LogP contribution in [0.25, 0.3) is 11.3 Å². The molecule has 0 spiro atoms. The van der Waals surface area contributed by atoms with Crippen molar-refractivity contribution in [1.29, 1.82) is 0 Å². The van der Waals surface area contributed by atoms with Gasteiger partial charge in [-0.05, 0) is 56.6 Å². The number of halogens is 1. The Morgan fingerprint density at radius 1 is 1.24 bits per heavy atom. The van der Waals surface area contributed by atoms with E-state index in [1.165, 1.54) is 25.0 Å². The zero-order chi connectivity index (χ0) is 17.6. The molecule has 25 heavy (non-hydrogen) atoms. The third kappa shape index (κ3) is 4.22. The van der Waals surface area contributed by atoms with Crippen LogP contribution in [0.3, 0.4) is 0 Å². The van der Waals surface area contributed by atoms with Crippen molar-refractivity contribution in [3.63, 3.8) is 0 Å². The number of benzene rings is 1. The highest BCUT2D eigenvalue weighted by molar-refractivity contribution is 5.94. The molecule has 134 valence electrons. The van der Waals surface area contributed by atoms with Crippen LogP contribution in [0, 0.1) is 5.82 Å². The molecule has 0 bridgehead atoms. The van der Waals surface area contributed by atoms with Crippen LogP contribution < -0.4 is 0 Å². The molecule has 2 heterocycles. The van der Waals surface area contributed by atoms with E-state index in [0.717, 1.165) is 31.5 Å². The molecule has 0 amide bonds. The standard InChI is InChI=1S/C18H23FN4O2/c1-2-25-18(24)17-16(20-22-21-17)15-8-7-14(19)11-13(15)12-23-9-5-3-4-6-10-23/h7-8,11H,2-6,9-10,12H2,1H3,(H,20,21,22). The molecule has 3 rings (SSSR count). The molecule has 0 unspecified atom stereocenters. The molecule has 2 aromatic rings. The molecule has 0 atom stereocenters. The van der Waals surface area contributed by atoms with Gasteiger partial charge in [-0.2, -0.15) is 10.3 Å². The van der Waals surface area contributed by atoms with Crippen LogP contribution in [0.15, 0.2) is 18.2 Å². The summed E-state index contributed by atoms with van der Waals surface area (Å²) in [6, 6.07) is 4.55. The summed E-state index contributed by atoms with van der Waals surface area (Å²) >= 11 is 0. The van der Waals surface area contributed by atoms with E-state index in [1.807, 2.05) is 0 Å². The Morgan fingerprint density at radius 3 is 2.72 bits per heavy atom. The van der Waals surface area contributed by atoms with Gasteiger partial charge in [0.2, 0.25) is 0 Å². The summed E-state index contributed by atoms with van der Waals surface area (Å²) in [6.45, 7) is 4.62. The summed E-state index contributed by atoms with van der Waals surface area (Å²) in [5.74, 6) is -0.828. The highest BCUT2D eigenvalue weighted by Gasteiger charge is 2.22. The van der Waals surface area contributed by atoms with Gasteiger partial charge < -0.3 is 4.74 Å². The number of H-pyrrole nitrogens is 1. The molecule has 6 nitrogen and oxygen atoms in total. The number of aromatic amines is 1. The fourth-order valence-electron chi connectivity index (χ4n) is 3.22. The molecular formula is C18H23FN4O2. The number of likely N-dealkylation sites (tertiary alicyclic amines) is 1. The number of nitrogens with zero attached hydrogens (tertiary/aromatic N) is 3. The van der Waals surface area contributed by atoms with Gasteiger partial charge in [0.25, 0.3) is 0 Å². The number of carbonyl (C=O) groups is 1. The number of nitrogens with one attached hydrogen (secondary N) is 1. The number of carbonyl (C=O) groups excluding carboxylic acids is 1. The zero-order valence-electron chi connectivity index (χ0n) is 14.4. The molecule has 1 aromatic carbocycles. The van der Waals surface area contributed by atoms with Crippen LogP contribution in [-0.2, 0) is 11.3 Å². The van der Waals surface area contributed by atoms with Crippen LogP contribution in [0.2, 0.25) is 0 Å². The van der Waals surface area contributed by atoms with Gasteiger partial charge in [0.05, 0.1) is 6.61 Å². The van der Waals surface area contributed by atoms with Gasteiger partial charge in [-0.1, -0.05) is 12.8 Å². The van der Waals surface area contributed by atoms with Gasteiger partial charge in [0, 0.05) is 12.1 Å². The highest BCUT2D eigenvalue weighted by Crippen LogP contribution is 2.27. The predicted molar refractivity (Wildman–Crippen MR) is 91.5 cm³/mol. The van der Waals surface area contributed by atoms with E-state index in [2.05, 4.69) is 20.3 Å². The number of esters is 1. The second kappa shape index (κ2) is 8.20. The summed E-state index contributed by atoms with van der Waals surface area (Å²) in [6.07, 6.45) is 4.79. The Morgan fingerprint density at radius 2 is 2.00 bits per heavy atom. The first-order valence-corrected chi connectivity index (χ1v) is 8.78. The van der Waals surface area contributed by atoms with Crippen LogP contribution in [0.4, 0.5) is 4.39 Å². The molecule has 1 fully saturated rings. The number of ether oxygens (including phenoxy) is 1. The van der Waals surface area contributed by atoms with E-state index in [9.17, 15) is 9.18 Å². The SMILES string of the molecule is CCOC(=O)c1n[nH]nc1-c1ccc(F)cc1CN1CCCCCC1. The smallest absolute Gasteiger partial charge is 0.361 e. The predicted octanol–water partition coefficient (Wildman–Crippen LogP) is 3.16. The van der Waals surface area contributed by atoms with Gasteiger partial charge in [-0.25, -0.2) is 9.18 Å². The van der Waals surface area contributed by atoms with Crippen molar-refractivity contribution in [3.05, 3.63) is 35.3 Å². The van der Waals surface area contributed by atoms with Crippen molar-refractivity contribution in [1.82, 2.24) is 20.3 Å². The Kier molecular flexibility index (Phi) is 5.75. The second-order valence-electron chi connectivity index (χ2n) is 6.23. The van der Waals surface area contributed by atoms with Crippen molar-refractivity contribution < 1.29 is 13.9 Å². The van der Waals surface area contributed by atoms with Gasteiger partial charge in [0.1, 0.15) is 11.5 Å². The Bertz CT molecular complexity index is 724. The van der Waals surface area contributed by atoms with E-state index < -0.39 is 5.97 Å². The van der Waals surface area contributed by atoms with Crippen molar-refractivity contribution in [3.8, 4) is 11.3 Å². The van der Waals surface area contributed by atoms with E-state index in [4.69, 9.17) is 4.74 Å². The quantitative estimate of drug-likeness (QED) is 0.842. The molecule has 0 saturated carbocycles. The second-order valence-corrected chi connectivity index (χ2v) is 6.23. The third-order valence-electron chi connectivity index (χ3n) is 4.43. The first-order valence-electron chi connectivity index (χ1n) is 8.78. The maximum atomic E-state index is 13.8. The van der Waals surface area contributed by atoms with Crippen molar-refractivity contribution in [2.75, 3.05) is 19.7 Å². The van der Waals surface area contributed by atoms with E-state index in [0.29, 0.717) is 17.8 Å². The van der Waals surface area contributed by atoms with Gasteiger partial charge in [-0.15, -0.1) is 5.10 Å². The number of rotatable bonds is 5. The lowest BCUT2D eigenvalue weighted by atomic mass is 10.0. The summed E-state index contributed by atoms with van der Waals surface area (Å²) in [5, 5.41) is 10.5. The molecule has 0 aliphatic carbocycles. The molecular weight excluding hydrogens is 323 g/mol. The van der Waals surface area contributed by atoms with Gasteiger partial charge in [0.15, 0.2) is 5.69 Å². The summed E-state index contributed by atoms with van der Waals surface area (Å²) in [7, 11) is 0. The lowest BCUT2D eigenvalue weighted by Gasteiger charge is -2.21. The fourth-order valence-corrected chi connectivity index (χ4v) is 3.22. The minimum absolute atomic E-state index is 0.130. The monoisotopic (exact) mass is 346 g/mol. The molecule has 7 heteroatoms. The Hall–Kier alpha value is -2.28. The van der Waals surface area contributed by atoms with Crippen molar-refractivity contribution in [2.24, 2.45) is 0 Å². The van der Waals surface area contributed by atoms with Crippen molar-refractivity contribution >= 4 is 5.97 Å². The summed E-state index contributed by atoms with van der Waals surface area (Å²) in [4.78, 5) is 14.4. The largest absolute Gasteiger partial charge is 0.461 e. The number of hydrogen-bond acceptors (Lipinski definition) is 5. The van der Waals surface area contributed by atoms with E-state index in [-0.39, 0.29) is 18.1 Å². The van der Waals surface area contributed by atoms with Crippen LogP contribution in [0.5, 0.6) is 0 Å². The summed E-state index contributed by atoms with van der Waals surface area (Å²) < 4.78 is 18.9. The minimum Gasteiger partial charge on any atom is -0.461 e. The lowest BCUT2D eigenvalue weighted by Crippen LogP contribution is -2.24. The highest BCUT2D eigenvalue weighted by atomic mass is 19.1. The number of hydrogen-bond donors (Lipinski definition) is 1. The van der Waals surface area contributed by atoms with Gasteiger partial charge >= 0.3 is 5.97 Å². The van der Waals surface area contributed by atoms with E-state index in [1.54, 1.807) is 13.0 Å². The topological polar surface area (TPSA) is 71.1 Å². The zero-order valence-corrected chi connectivity index (χ0v) is 14.4. The van der Waals surface area contributed by atoms with Gasteiger partial charge in [-0.3, -0.25) is 4.90 Å². The molecule has 0 radical (unpaired) electrons. The van der Waals surface area contributed by atoms with Crippen LogP contribution in [-0.4, -0.2) is 46.0 Å². The van der Waals surface area contributed by atoms with E-state index >= 15 is 0 Å². The third-order valence-corrected chi connectivity index (χ3v) is 4.43. The van der Waals surface area contributed by atoms with Crippen LogP contribution in [0.1, 0.15) is 48.7 Å². The fraction of sp³-hybridized carbons (Fsp3) is 0.500. The maximum absolute atomic E-state index is 13.8. The van der Waals surface area contributed by atoms with Crippen LogP contribution >= 0.6 is 0 Å². The minimum atomic E-state index is -0.531. The van der Waals surface area contributed by atoms with Crippen molar-refractivity contribution in [2.45, 2.75) is 39.2 Å². The molecule has 1 aliphatic rings. The Balaban J connectivity index is 1.92. The average Bonchev–Trinajstić information content (AvgIpc) is 2.93. The number of aromatic nitrogens is 3. The maximum Gasteiger partial charge on any atom is 0.361 e. The average molecular weight is 346 g/mol. The normalized spacial score (nSPS) is 15.8. The Labute approximate surface area is 146 Å². The molecule has 1 N–H and O–H groups in total. The molecule has 1 saturated heterocycles. The molecule has 1 aromatic heterocycles. The summed E-state index contributed by atoms with van der Waals surface area (Å²) in [5.41, 5.74) is 2.05. The first kappa shape index (κ1) is 17.5. The lowest BCUT2D eigenvalue weighted by molar-refractivity contribution is 0.0520. The molecule has 1 aliphatic heterocycles. The first-order chi connectivity index (χ1) is 12.2.